The number of carbonyl (C=O) groups is 1. The normalized spacial score (nSPS) is 19.5. The maximum absolute atomic E-state index is 13.4. The van der Waals surface area contributed by atoms with Crippen molar-refractivity contribution in [2.24, 2.45) is 5.28 Å². The molecule has 1 saturated heterocycles. The fourth-order valence-electron chi connectivity index (χ4n) is 2.66. The average Bonchev–Trinajstić information content (AvgIpc) is 2.69. The summed E-state index contributed by atoms with van der Waals surface area (Å²) < 4.78 is 54.8. The van der Waals surface area contributed by atoms with Crippen molar-refractivity contribution in [3.63, 3.8) is 0 Å². The largest absolute Gasteiger partial charge is 0.569 e. The number of halogens is 5. The molecule has 0 radical (unpaired) electrons. The summed E-state index contributed by atoms with van der Waals surface area (Å²) in [6.07, 6.45) is -6.63. The molecule has 2 aliphatic rings. The van der Waals surface area contributed by atoms with Gasteiger partial charge in [0.2, 0.25) is 11.4 Å². The SMILES string of the molecule is O=C(OCON=[N+]([O-])N1CCOCC1)C1=Cc2cc(Cl)cc(Cl)c2OC1C(F)(F)F. The first-order valence-corrected chi connectivity index (χ1v) is 9.16. The third-order valence-electron chi connectivity index (χ3n) is 4.00. The number of nitrogens with zero attached hydrogens (tertiary/aromatic N) is 3. The standard InChI is InChI=1S/C16H14Cl2F3N3O6/c17-10-5-9-6-11(14(16(19,20)21)30-13(9)12(18)7-10)15(25)28-8-29-22-24(26)23-1-3-27-4-2-23/h5-7,14H,1-4,8H2. The summed E-state index contributed by atoms with van der Waals surface area (Å²) in [5.41, 5.74) is -0.771. The van der Waals surface area contributed by atoms with Crippen LogP contribution in [0.5, 0.6) is 5.75 Å². The topological polar surface area (TPSA) is 95.7 Å². The van der Waals surface area contributed by atoms with Crippen LogP contribution in [0.25, 0.3) is 6.08 Å². The minimum Gasteiger partial charge on any atom is -0.569 e. The van der Waals surface area contributed by atoms with Gasteiger partial charge in [-0.3, -0.25) is 0 Å². The third kappa shape index (κ3) is 5.18. The molecule has 0 N–H and O–H groups in total. The summed E-state index contributed by atoms with van der Waals surface area (Å²) in [4.78, 5) is 16.9. The van der Waals surface area contributed by atoms with Crippen LogP contribution < -0.4 is 4.74 Å². The van der Waals surface area contributed by atoms with E-state index in [1.54, 1.807) is 0 Å². The molecule has 164 valence electrons. The molecule has 30 heavy (non-hydrogen) atoms. The van der Waals surface area contributed by atoms with Crippen molar-refractivity contribution >= 4 is 35.2 Å². The minimum absolute atomic E-state index is 0.0728. The Kier molecular flexibility index (Phi) is 6.78. The first-order valence-electron chi connectivity index (χ1n) is 8.40. The highest BCUT2D eigenvalue weighted by molar-refractivity contribution is 6.36. The number of rotatable bonds is 5. The molecular formula is C16H14Cl2F3N3O6. The van der Waals surface area contributed by atoms with Crippen LogP contribution in [0.4, 0.5) is 13.2 Å². The number of benzene rings is 1. The number of esters is 1. The third-order valence-corrected chi connectivity index (χ3v) is 4.50. The van der Waals surface area contributed by atoms with E-state index in [1.165, 1.54) is 17.1 Å². The van der Waals surface area contributed by atoms with E-state index in [-0.39, 0.29) is 39.4 Å². The fourth-order valence-corrected chi connectivity index (χ4v) is 3.21. The van der Waals surface area contributed by atoms with Gasteiger partial charge in [0, 0.05) is 10.6 Å². The van der Waals surface area contributed by atoms with Gasteiger partial charge in [0.1, 0.15) is 18.8 Å². The Hall–Kier alpha value is -2.44. The van der Waals surface area contributed by atoms with Gasteiger partial charge in [-0.25, -0.2) is 4.79 Å². The van der Waals surface area contributed by atoms with Gasteiger partial charge in [0.15, 0.2) is 0 Å². The number of alkyl halides is 3. The summed E-state index contributed by atoms with van der Waals surface area (Å²) in [5, 5.41) is 16.1. The van der Waals surface area contributed by atoms with Crippen LogP contribution in [0.15, 0.2) is 23.0 Å². The summed E-state index contributed by atoms with van der Waals surface area (Å²) in [7, 11) is 0. The van der Waals surface area contributed by atoms with Crippen molar-refractivity contribution in [1.82, 2.24) is 5.01 Å². The van der Waals surface area contributed by atoms with Crippen LogP contribution in [0.3, 0.4) is 0 Å². The molecule has 0 aliphatic carbocycles. The van der Waals surface area contributed by atoms with E-state index >= 15 is 0 Å². The van der Waals surface area contributed by atoms with Crippen molar-refractivity contribution in [1.29, 1.82) is 0 Å². The lowest BCUT2D eigenvalue weighted by Crippen LogP contribution is -2.41. The number of fused-ring (bicyclic) bond motifs is 1. The van der Waals surface area contributed by atoms with Crippen molar-refractivity contribution in [3.05, 3.63) is 38.5 Å². The smallest absolute Gasteiger partial charge is 0.430 e. The van der Waals surface area contributed by atoms with E-state index in [9.17, 15) is 23.2 Å². The van der Waals surface area contributed by atoms with Gasteiger partial charge >= 0.3 is 12.1 Å². The molecule has 0 amide bonds. The van der Waals surface area contributed by atoms with Gasteiger partial charge in [0.25, 0.3) is 6.79 Å². The lowest BCUT2D eigenvalue weighted by atomic mass is 10.0. The van der Waals surface area contributed by atoms with E-state index in [2.05, 4.69) is 14.9 Å². The second-order valence-corrected chi connectivity index (χ2v) is 6.87. The van der Waals surface area contributed by atoms with Crippen LogP contribution in [0, 0.1) is 5.21 Å². The Balaban J connectivity index is 1.69. The molecule has 3 rings (SSSR count). The van der Waals surface area contributed by atoms with E-state index in [4.69, 9.17) is 32.7 Å². The van der Waals surface area contributed by atoms with Gasteiger partial charge in [-0.2, -0.15) is 13.2 Å². The highest BCUT2D eigenvalue weighted by Gasteiger charge is 2.49. The quantitative estimate of drug-likeness (QED) is 0.162. The molecule has 1 aromatic rings. The number of hydrogen-bond donors (Lipinski definition) is 0. The van der Waals surface area contributed by atoms with Crippen LogP contribution in [-0.2, 0) is 19.1 Å². The molecule has 1 aromatic carbocycles. The maximum Gasteiger partial charge on any atom is 0.430 e. The van der Waals surface area contributed by atoms with Crippen molar-refractivity contribution < 1.29 is 42.0 Å². The Morgan fingerprint density at radius 2 is 2.03 bits per heavy atom. The van der Waals surface area contributed by atoms with Gasteiger partial charge < -0.3 is 24.3 Å². The minimum atomic E-state index is -4.93. The summed E-state index contributed by atoms with van der Waals surface area (Å²) in [5.74, 6) is -1.64. The number of carbonyl (C=O) groups excluding carboxylic acids is 1. The Morgan fingerprint density at radius 1 is 1.33 bits per heavy atom. The monoisotopic (exact) mass is 471 g/mol. The Bertz CT molecular complexity index is 875. The number of hydrazine groups is 1. The molecule has 0 saturated carbocycles. The molecule has 0 spiro atoms. The van der Waals surface area contributed by atoms with Crippen molar-refractivity contribution in [3.8, 4) is 5.75 Å². The second kappa shape index (κ2) is 9.14. The van der Waals surface area contributed by atoms with Crippen LogP contribution >= 0.6 is 23.2 Å². The molecule has 14 heteroatoms. The highest BCUT2D eigenvalue weighted by atomic mass is 35.5. The molecule has 2 aliphatic heterocycles. The molecule has 9 nitrogen and oxygen atoms in total. The Labute approximate surface area is 177 Å². The van der Waals surface area contributed by atoms with Crippen LogP contribution in [0.1, 0.15) is 5.56 Å². The second-order valence-electron chi connectivity index (χ2n) is 6.02. The summed E-state index contributed by atoms with van der Waals surface area (Å²) in [6, 6.07) is 2.50. The molecule has 2 heterocycles. The zero-order chi connectivity index (χ0) is 21.9. The zero-order valence-corrected chi connectivity index (χ0v) is 16.5. The first kappa shape index (κ1) is 22.2. The molecule has 1 atom stereocenters. The van der Waals surface area contributed by atoms with Gasteiger partial charge in [0.05, 0.1) is 28.8 Å². The van der Waals surface area contributed by atoms with Gasteiger partial charge in [-0.15, -0.1) is 5.01 Å². The molecule has 0 aromatic heterocycles. The van der Waals surface area contributed by atoms with E-state index in [1.807, 2.05) is 0 Å². The summed E-state index contributed by atoms with van der Waals surface area (Å²) >= 11 is 11.7. The highest BCUT2D eigenvalue weighted by Crippen LogP contribution is 2.42. The molecule has 1 unspecified atom stereocenters. The lowest BCUT2D eigenvalue weighted by molar-refractivity contribution is -0.715. The lowest BCUT2D eigenvalue weighted by Gasteiger charge is -2.28. The van der Waals surface area contributed by atoms with E-state index < -0.39 is 30.6 Å². The molecular weight excluding hydrogens is 458 g/mol. The van der Waals surface area contributed by atoms with E-state index in [0.29, 0.717) is 13.2 Å². The van der Waals surface area contributed by atoms with Gasteiger partial charge in [-0.1, -0.05) is 23.2 Å². The Morgan fingerprint density at radius 3 is 2.70 bits per heavy atom. The summed E-state index contributed by atoms with van der Waals surface area (Å²) in [6.45, 7) is 0.306. The van der Waals surface area contributed by atoms with E-state index in [0.717, 1.165) is 6.08 Å². The van der Waals surface area contributed by atoms with Crippen molar-refractivity contribution in [2.75, 3.05) is 33.1 Å². The predicted octanol–water partition coefficient (Wildman–Crippen LogP) is 3.34. The number of ether oxygens (including phenoxy) is 3. The predicted molar refractivity (Wildman–Crippen MR) is 95.4 cm³/mol. The zero-order valence-electron chi connectivity index (χ0n) is 15.0. The van der Waals surface area contributed by atoms with Crippen molar-refractivity contribution in [2.45, 2.75) is 12.3 Å². The maximum atomic E-state index is 13.4. The number of morpholine rings is 1. The average molecular weight is 472 g/mol. The fraction of sp³-hybridized carbons (Fsp3) is 0.438. The van der Waals surface area contributed by atoms with Crippen LogP contribution in [-0.4, -0.2) is 61.3 Å². The molecule has 1 fully saturated rings. The molecule has 0 bridgehead atoms. The first-order chi connectivity index (χ1) is 14.2. The number of hydrogen-bond acceptors (Lipinski definition) is 7. The van der Waals surface area contributed by atoms with Gasteiger partial charge in [-0.05, 0) is 18.2 Å². The van der Waals surface area contributed by atoms with Crippen LogP contribution in [0.2, 0.25) is 10.0 Å².